The van der Waals surface area contributed by atoms with Gasteiger partial charge < -0.3 is 9.32 Å². The van der Waals surface area contributed by atoms with E-state index < -0.39 is 0 Å². The topological polar surface area (TPSA) is 49.6 Å². The Morgan fingerprint density at radius 2 is 2.00 bits per heavy atom. The smallest absolute Gasteiger partial charge is 0.295 e. The van der Waals surface area contributed by atoms with Gasteiger partial charge in [-0.25, -0.2) is 4.98 Å². The number of furan rings is 1. The maximum absolute atomic E-state index is 12.9. The fraction of sp³-hybridized carbons (Fsp3) is 0.368. The summed E-state index contributed by atoms with van der Waals surface area (Å²) in [4.78, 5) is 21.6. The van der Waals surface area contributed by atoms with Crippen LogP contribution in [0.5, 0.6) is 0 Å². The fourth-order valence-electron chi connectivity index (χ4n) is 2.73. The van der Waals surface area contributed by atoms with Crippen LogP contribution in [-0.2, 0) is 0 Å². The second-order valence-corrected chi connectivity index (χ2v) is 6.94. The highest BCUT2D eigenvalue weighted by Gasteiger charge is 2.23. The average Bonchev–Trinajstić information content (AvgIpc) is 3.27. The molecular weight excluding hydrogens is 334 g/mol. The first-order valence-corrected chi connectivity index (χ1v) is 9.39. The van der Waals surface area contributed by atoms with Crippen molar-refractivity contribution < 1.29 is 9.21 Å². The third-order valence-electron chi connectivity index (χ3n) is 4.27. The largest absolute Gasteiger partial charge is 0.459 e. The minimum absolute atomic E-state index is 0.145. The van der Waals surface area contributed by atoms with Gasteiger partial charge in [-0.05, 0) is 49.8 Å². The molecule has 0 spiro atoms. The van der Waals surface area contributed by atoms with Crippen LogP contribution in [0.25, 0.3) is 10.2 Å². The van der Waals surface area contributed by atoms with Crippen molar-refractivity contribution in [2.24, 2.45) is 0 Å². The molecule has 2 heterocycles. The van der Waals surface area contributed by atoms with Crippen LogP contribution in [-0.4, -0.2) is 42.0 Å². The van der Waals surface area contributed by atoms with E-state index >= 15 is 0 Å². The molecule has 6 heteroatoms. The number of aryl methyl sites for hydroxylation is 1. The number of benzene rings is 1. The minimum atomic E-state index is -0.145. The Labute approximate surface area is 151 Å². The Hall–Kier alpha value is -2.18. The van der Waals surface area contributed by atoms with Gasteiger partial charge in [0.25, 0.3) is 5.91 Å². The Morgan fingerprint density at radius 1 is 1.20 bits per heavy atom. The zero-order valence-corrected chi connectivity index (χ0v) is 15.7. The first-order valence-electron chi connectivity index (χ1n) is 8.57. The van der Waals surface area contributed by atoms with E-state index in [1.54, 1.807) is 28.4 Å². The molecule has 132 valence electrons. The van der Waals surface area contributed by atoms with Gasteiger partial charge in [0.05, 0.1) is 16.5 Å². The molecule has 0 unspecified atom stereocenters. The number of carbonyl (C=O) groups excluding carboxylic acids is 1. The molecular formula is C19H23N3O2S. The van der Waals surface area contributed by atoms with Crippen LogP contribution < -0.4 is 4.90 Å². The van der Waals surface area contributed by atoms with Crippen molar-refractivity contribution in [1.29, 1.82) is 0 Å². The predicted molar refractivity (Wildman–Crippen MR) is 103 cm³/mol. The molecule has 0 atom stereocenters. The van der Waals surface area contributed by atoms with Crippen molar-refractivity contribution in [3.8, 4) is 0 Å². The Morgan fingerprint density at radius 3 is 2.68 bits per heavy atom. The number of anilines is 1. The molecule has 0 aliphatic rings. The second kappa shape index (κ2) is 7.80. The van der Waals surface area contributed by atoms with Gasteiger partial charge >= 0.3 is 0 Å². The fourth-order valence-corrected chi connectivity index (χ4v) is 3.82. The number of carbonyl (C=O) groups is 1. The first-order chi connectivity index (χ1) is 12.1. The molecule has 3 aromatic rings. The van der Waals surface area contributed by atoms with E-state index in [2.05, 4.69) is 36.7 Å². The second-order valence-electron chi connectivity index (χ2n) is 5.93. The average molecular weight is 357 g/mol. The molecule has 0 bridgehead atoms. The van der Waals surface area contributed by atoms with Crippen molar-refractivity contribution in [3.63, 3.8) is 0 Å². The van der Waals surface area contributed by atoms with Crippen LogP contribution in [0.1, 0.15) is 30.0 Å². The van der Waals surface area contributed by atoms with E-state index in [1.165, 1.54) is 11.8 Å². The van der Waals surface area contributed by atoms with Gasteiger partial charge in [0, 0.05) is 13.1 Å². The summed E-state index contributed by atoms with van der Waals surface area (Å²) in [7, 11) is 0. The maximum atomic E-state index is 12.9. The summed E-state index contributed by atoms with van der Waals surface area (Å²) in [6.07, 6.45) is 1.53. The summed E-state index contributed by atoms with van der Waals surface area (Å²) in [5.41, 5.74) is 2.11. The minimum Gasteiger partial charge on any atom is -0.459 e. The van der Waals surface area contributed by atoms with Crippen molar-refractivity contribution in [2.75, 3.05) is 31.1 Å². The summed E-state index contributed by atoms with van der Waals surface area (Å²) in [5, 5.41) is 0.717. The molecule has 0 fully saturated rings. The Kier molecular flexibility index (Phi) is 5.50. The van der Waals surface area contributed by atoms with Crippen LogP contribution in [0.3, 0.4) is 0 Å². The highest BCUT2D eigenvalue weighted by atomic mass is 32.1. The number of likely N-dealkylation sites (N-methyl/N-ethyl adjacent to an activating group) is 1. The molecule has 25 heavy (non-hydrogen) atoms. The summed E-state index contributed by atoms with van der Waals surface area (Å²) in [5.74, 6) is 0.197. The molecule has 0 saturated carbocycles. The van der Waals surface area contributed by atoms with Gasteiger partial charge in [0.15, 0.2) is 10.9 Å². The first kappa shape index (κ1) is 17.6. The quantitative estimate of drug-likeness (QED) is 0.636. The molecule has 0 aliphatic carbocycles. The van der Waals surface area contributed by atoms with Gasteiger partial charge in [-0.15, -0.1) is 0 Å². The zero-order valence-electron chi connectivity index (χ0n) is 14.9. The monoisotopic (exact) mass is 357 g/mol. The molecule has 0 N–H and O–H groups in total. The highest BCUT2D eigenvalue weighted by molar-refractivity contribution is 7.22. The maximum Gasteiger partial charge on any atom is 0.295 e. The molecule has 5 nitrogen and oxygen atoms in total. The number of hydrogen-bond acceptors (Lipinski definition) is 5. The molecule has 0 radical (unpaired) electrons. The summed E-state index contributed by atoms with van der Waals surface area (Å²) < 4.78 is 6.42. The van der Waals surface area contributed by atoms with E-state index in [0.29, 0.717) is 17.4 Å². The van der Waals surface area contributed by atoms with Crippen LogP contribution in [0.2, 0.25) is 0 Å². The molecule has 0 aliphatic heterocycles. The van der Waals surface area contributed by atoms with Gasteiger partial charge in [-0.3, -0.25) is 9.69 Å². The van der Waals surface area contributed by atoms with E-state index in [9.17, 15) is 4.79 Å². The number of amides is 1. The summed E-state index contributed by atoms with van der Waals surface area (Å²) in [6, 6.07) is 9.59. The van der Waals surface area contributed by atoms with Crippen molar-refractivity contribution in [2.45, 2.75) is 20.8 Å². The summed E-state index contributed by atoms with van der Waals surface area (Å²) >= 11 is 1.55. The van der Waals surface area contributed by atoms with Crippen molar-refractivity contribution in [1.82, 2.24) is 9.88 Å². The number of fused-ring (bicyclic) bond motifs is 1. The van der Waals surface area contributed by atoms with Gasteiger partial charge in [0.1, 0.15) is 0 Å². The molecule has 1 aromatic carbocycles. The highest BCUT2D eigenvalue weighted by Crippen LogP contribution is 2.30. The Balaban J connectivity index is 1.92. The lowest BCUT2D eigenvalue weighted by Crippen LogP contribution is -2.38. The van der Waals surface area contributed by atoms with E-state index in [-0.39, 0.29) is 5.91 Å². The lowest BCUT2D eigenvalue weighted by molar-refractivity contribution is 0.0957. The van der Waals surface area contributed by atoms with Crippen molar-refractivity contribution in [3.05, 3.63) is 47.9 Å². The van der Waals surface area contributed by atoms with E-state index in [0.717, 1.165) is 29.9 Å². The zero-order chi connectivity index (χ0) is 17.8. The third kappa shape index (κ3) is 3.91. The normalized spacial score (nSPS) is 11.4. The number of rotatable bonds is 7. The molecule has 0 saturated heterocycles. The van der Waals surface area contributed by atoms with Gasteiger partial charge in [-0.1, -0.05) is 31.3 Å². The third-order valence-corrected chi connectivity index (χ3v) is 5.32. The van der Waals surface area contributed by atoms with Crippen LogP contribution in [0, 0.1) is 6.92 Å². The Bertz CT molecular complexity index is 838. The predicted octanol–water partition coefficient (Wildman–Crippen LogP) is 4.19. The molecule has 2 aromatic heterocycles. The van der Waals surface area contributed by atoms with Crippen LogP contribution >= 0.6 is 11.3 Å². The lowest BCUT2D eigenvalue weighted by atomic mass is 10.2. The van der Waals surface area contributed by atoms with Gasteiger partial charge in [0.2, 0.25) is 0 Å². The summed E-state index contributed by atoms with van der Waals surface area (Å²) in [6.45, 7) is 9.61. The molecule has 3 rings (SSSR count). The molecule has 1 amide bonds. The van der Waals surface area contributed by atoms with E-state index in [4.69, 9.17) is 4.42 Å². The van der Waals surface area contributed by atoms with E-state index in [1.807, 2.05) is 12.1 Å². The number of thiazole rings is 1. The van der Waals surface area contributed by atoms with Crippen LogP contribution in [0.4, 0.5) is 5.13 Å². The lowest BCUT2D eigenvalue weighted by Gasteiger charge is -2.24. The number of nitrogens with zero attached hydrogens (tertiary/aromatic N) is 3. The van der Waals surface area contributed by atoms with Gasteiger partial charge in [-0.2, -0.15) is 0 Å². The van der Waals surface area contributed by atoms with Crippen molar-refractivity contribution >= 4 is 32.6 Å². The number of hydrogen-bond donors (Lipinski definition) is 0. The van der Waals surface area contributed by atoms with Crippen LogP contribution in [0.15, 0.2) is 41.0 Å². The SMILES string of the molecule is CCN(CC)CCN(C(=O)c1ccco1)c1nc2ccc(C)cc2s1. The number of aromatic nitrogens is 1. The standard InChI is InChI=1S/C19H23N3O2S/c1-4-21(5-2)10-11-22(18(23)16-7-6-12-24-16)19-20-15-9-8-14(3)13-17(15)25-19/h6-9,12-13H,4-5,10-11H2,1-3H3.